The number of hydrogen-bond donors (Lipinski definition) is 2. The monoisotopic (exact) mass is 246 g/mol. The lowest BCUT2D eigenvalue weighted by Gasteiger charge is -2.07. The SMILES string of the molecule is Cc1nc(-c2cccc(F)c2)nc(N)c1C(N)=O. The molecule has 0 radical (unpaired) electrons. The summed E-state index contributed by atoms with van der Waals surface area (Å²) in [6.07, 6.45) is 0. The molecule has 18 heavy (non-hydrogen) atoms. The van der Waals surface area contributed by atoms with Gasteiger partial charge in [0.2, 0.25) is 0 Å². The molecule has 0 bridgehead atoms. The lowest BCUT2D eigenvalue weighted by atomic mass is 10.1. The molecule has 0 aliphatic rings. The maximum atomic E-state index is 13.1. The summed E-state index contributed by atoms with van der Waals surface area (Å²) >= 11 is 0. The molecule has 0 saturated heterocycles. The van der Waals surface area contributed by atoms with Crippen LogP contribution in [0.1, 0.15) is 16.1 Å². The minimum absolute atomic E-state index is 0.00531. The highest BCUT2D eigenvalue weighted by Crippen LogP contribution is 2.20. The van der Waals surface area contributed by atoms with Crippen LogP contribution in [0.3, 0.4) is 0 Å². The van der Waals surface area contributed by atoms with Crippen molar-refractivity contribution in [3.05, 3.63) is 41.3 Å². The molecule has 0 unspecified atom stereocenters. The molecule has 0 spiro atoms. The molecule has 0 atom stereocenters. The fourth-order valence-corrected chi connectivity index (χ4v) is 1.66. The van der Waals surface area contributed by atoms with Crippen LogP contribution in [0.4, 0.5) is 10.2 Å². The van der Waals surface area contributed by atoms with Crippen LogP contribution in [0.25, 0.3) is 11.4 Å². The van der Waals surface area contributed by atoms with Crippen molar-refractivity contribution in [3.8, 4) is 11.4 Å². The predicted octanol–water partition coefficient (Wildman–Crippen LogP) is 1.27. The third kappa shape index (κ3) is 2.13. The van der Waals surface area contributed by atoms with Gasteiger partial charge in [0.05, 0.1) is 5.69 Å². The first-order valence-electron chi connectivity index (χ1n) is 5.19. The van der Waals surface area contributed by atoms with E-state index < -0.39 is 11.7 Å². The van der Waals surface area contributed by atoms with Crippen LogP contribution in [0.2, 0.25) is 0 Å². The average Bonchev–Trinajstić information content (AvgIpc) is 2.27. The van der Waals surface area contributed by atoms with E-state index in [1.807, 2.05) is 0 Å². The number of nitrogen functional groups attached to an aromatic ring is 1. The van der Waals surface area contributed by atoms with E-state index in [0.29, 0.717) is 11.3 Å². The fourth-order valence-electron chi connectivity index (χ4n) is 1.66. The number of anilines is 1. The molecule has 0 fully saturated rings. The molecule has 4 N–H and O–H groups in total. The maximum Gasteiger partial charge on any atom is 0.254 e. The van der Waals surface area contributed by atoms with Gasteiger partial charge in [-0.3, -0.25) is 4.79 Å². The largest absolute Gasteiger partial charge is 0.383 e. The zero-order valence-corrected chi connectivity index (χ0v) is 9.64. The van der Waals surface area contributed by atoms with Gasteiger partial charge in [-0.25, -0.2) is 14.4 Å². The number of primary amides is 1. The number of halogens is 1. The normalized spacial score (nSPS) is 10.3. The van der Waals surface area contributed by atoms with Crippen LogP contribution in [-0.2, 0) is 0 Å². The molecule has 1 heterocycles. The van der Waals surface area contributed by atoms with E-state index in [1.165, 1.54) is 12.1 Å². The van der Waals surface area contributed by atoms with Gasteiger partial charge in [-0.15, -0.1) is 0 Å². The molecule has 2 rings (SSSR count). The van der Waals surface area contributed by atoms with Gasteiger partial charge in [-0.2, -0.15) is 0 Å². The first kappa shape index (κ1) is 12.0. The van der Waals surface area contributed by atoms with Crippen molar-refractivity contribution in [3.63, 3.8) is 0 Å². The van der Waals surface area contributed by atoms with Crippen LogP contribution in [0.5, 0.6) is 0 Å². The highest BCUT2D eigenvalue weighted by molar-refractivity contribution is 5.98. The standard InChI is InChI=1S/C12H11FN4O/c1-6-9(11(15)18)10(14)17-12(16-6)7-3-2-4-8(13)5-7/h2-5H,1H3,(H2,15,18)(H2,14,16,17). The van der Waals surface area contributed by atoms with E-state index >= 15 is 0 Å². The lowest BCUT2D eigenvalue weighted by molar-refractivity contribution is 0.1000. The second-order valence-electron chi connectivity index (χ2n) is 3.77. The number of carbonyl (C=O) groups is 1. The number of carbonyl (C=O) groups excluding carboxylic acids is 1. The zero-order chi connectivity index (χ0) is 13.3. The van der Waals surface area contributed by atoms with Gasteiger partial charge in [0.1, 0.15) is 17.2 Å². The first-order chi connectivity index (χ1) is 8.49. The van der Waals surface area contributed by atoms with E-state index in [0.717, 1.165) is 0 Å². The minimum atomic E-state index is -0.684. The summed E-state index contributed by atoms with van der Waals surface area (Å²) < 4.78 is 13.1. The number of aromatic nitrogens is 2. The number of hydrogen-bond acceptors (Lipinski definition) is 4. The Morgan fingerprint density at radius 1 is 1.33 bits per heavy atom. The number of aryl methyl sites for hydroxylation is 1. The quantitative estimate of drug-likeness (QED) is 0.834. The first-order valence-corrected chi connectivity index (χ1v) is 5.19. The topological polar surface area (TPSA) is 94.9 Å². The fraction of sp³-hybridized carbons (Fsp3) is 0.0833. The maximum absolute atomic E-state index is 13.1. The molecule has 2 aromatic rings. The lowest BCUT2D eigenvalue weighted by Crippen LogP contribution is -2.17. The van der Waals surface area contributed by atoms with E-state index in [9.17, 15) is 9.18 Å². The van der Waals surface area contributed by atoms with Crippen molar-refractivity contribution < 1.29 is 9.18 Å². The molecule has 0 aliphatic heterocycles. The van der Waals surface area contributed by atoms with Crippen molar-refractivity contribution in [2.24, 2.45) is 5.73 Å². The van der Waals surface area contributed by atoms with Crippen LogP contribution in [-0.4, -0.2) is 15.9 Å². The highest BCUT2D eigenvalue weighted by atomic mass is 19.1. The summed E-state index contributed by atoms with van der Waals surface area (Å²) in [4.78, 5) is 19.2. The van der Waals surface area contributed by atoms with Crippen LogP contribution in [0, 0.1) is 12.7 Å². The molecular formula is C12H11FN4O. The summed E-state index contributed by atoms with van der Waals surface area (Å²) in [6, 6.07) is 5.80. The van der Waals surface area contributed by atoms with Gasteiger partial charge >= 0.3 is 0 Å². The van der Waals surface area contributed by atoms with Crippen LogP contribution >= 0.6 is 0 Å². The molecule has 0 saturated carbocycles. The highest BCUT2D eigenvalue weighted by Gasteiger charge is 2.14. The van der Waals surface area contributed by atoms with Gasteiger partial charge in [0.25, 0.3) is 5.91 Å². The minimum Gasteiger partial charge on any atom is -0.383 e. The van der Waals surface area contributed by atoms with Gasteiger partial charge in [-0.1, -0.05) is 12.1 Å². The molecule has 1 amide bonds. The summed E-state index contributed by atoms with van der Waals surface area (Å²) in [5.74, 6) is -0.828. The van der Waals surface area contributed by atoms with E-state index in [4.69, 9.17) is 11.5 Å². The zero-order valence-electron chi connectivity index (χ0n) is 9.64. The van der Waals surface area contributed by atoms with Crippen molar-refractivity contribution in [2.45, 2.75) is 6.92 Å². The molecule has 1 aromatic heterocycles. The predicted molar refractivity (Wildman–Crippen MR) is 65.1 cm³/mol. The van der Waals surface area contributed by atoms with E-state index in [-0.39, 0.29) is 17.2 Å². The molecule has 1 aromatic carbocycles. The third-order valence-electron chi connectivity index (χ3n) is 2.45. The molecule has 5 nitrogen and oxygen atoms in total. The second-order valence-corrected chi connectivity index (χ2v) is 3.77. The Hall–Kier alpha value is -2.50. The average molecular weight is 246 g/mol. The number of benzene rings is 1. The number of nitrogens with two attached hydrogens (primary N) is 2. The summed E-state index contributed by atoms with van der Waals surface area (Å²) in [6.45, 7) is 1.60. The van der Waals surface area contributed by atoms with Gasteiger partial charge in [0, 0.05) is 5.56 Å². The Morgan fingerprint density at radius 2 is 2.06 bits per heavy atom. The van der Waals surface area contributed by atoms with Crippen LogP contribution < -0.4 is 11.5 Å². The van der Waals surface area contributed by atoms with E-state index in [2.05, 4.69) is 9.97 Å². The Bertz CT molecular complexity index is 604. The van der Waals surface area contributed by atoms with Crippen molar-refractivity contribution in [1.82, 2.24) is 9.97 Å². The molecule has 0 aliphatic carbocycles. The Morgan fingerprint density at radius 3 is 2.61 bits per heavy atom. The van der Waals surface area contributed by atoms with Crippen molar-refractivity contribution in [1.29, 1.82) is 0 Å². The summed E-state index contributed by atoms with van der Waals surface area (Å²) in [7, 11) is 0. The molecule has 6 heteroatoms. The second kappa shape index (κ2) is 4.40. The third-order valence-corrected chi connectivity index (χ3v) is 2.45. The molecule has 92 valence electrons. The smallest absolute Gasteiger partial charge is 0.254 e. The van der Waals surface area contributed by atoms with E-state index in [1.54, 1.807) is 19.1 Å². The van der Waals surface area contributed by atoms with Gasteiger partial charge < -0.3 is 11.5 Å². The summed E-state index contributed by atoms with van der Waals surface area (Å²) in [5, 5.41) is 0. The Balaban J connectivity index is 2.58. The van der Waals surface area contributed by atoms with Gasteiger partial charge in [0.15, 0.2) is 5.82 Å². The van der Waals surface area contributed by atoms with Crippen molar-refractivity contribution in [2.75, 3.05) is 5.73 Å². The number of amides is 1. The molecular weight excluding hydrogens is 235 g/mol. The van der Waals surface area contributed by atoms with Gasteiger partial charge in [-0.05, 0) is 19.1 Å². The number of nitrogens with zero attached hydrogens (tertiary/aromatic N) is 2. The van der Waals surface area contributed by atoms with Crippen molar-refractivity contribution >= 4 is 11.7 Å². The Labute approximate surface area is 103 Å². The summed E-state index contributed by atoms with van der Waals surface area (Å²) in [5.41, 5.74) is 11.8. The van der Waals surface area contributed by atoms with Crippen LogP contribution in [0.15, 0.2) is 24.3 Å². The Kier molecular flexibility index (Phi) is 2.93. The number of rotatable bonds is 2.